The Hall–Kier alpha value is -1.43. The molecule has 8 rings (SSSR count). The highest BCUT2D eigenvalue weighted by molar-refractivity contribution is 5.85. The van der Waals surface area contributed by atoms with Crippen LogP contribution in [0.15, 0.2) is 11.6 Å². The van der Waals surface area contributed by atoms with Crippen molar-refractivity contribution in [1.82, 2.24) is 0 Å². The molecule has 0 radical (unpaired) electrons. The summed E-state index contributed by atoms with van der Waals surface area (Å²) in [6, 6.07) is 0. The second kappa shape index (κ2) is 17.2. The summed E-state index contributed by atoms with van der Waals surface area (Å²) < 4.78 is 46.6. The van der Waals surface area contributed by atoms with Crippen LogP contribution in [-0.4, -0.2) is 183 Å². The van der Waals surface area contributed by atoms with Gasteiger partial charge >= 0.3 is 5.97 Å². The van der Waals surface area contributed by atoms with E-state index in [0.717, 1.165) is 63.4 Å². The van der Waals surface area contributed by atoms with Gasteiger partial charge in [-0.15, -0.1) is 0 Å². The molecule has 18 nitrogen and oxygen atoms in total. The Bertz CT molecular complexity index is 1570. The van der Waals surface area contributed by atoms with Crippen LogP contribution in [0.2, 0.25) is 0 Å². The van der Waals surface area contributed by atoms with Crippen molar-refractivity contribution >= 4 is 5.97 Å². The number of hydrogen-bond acceptors (Lipinski definition) is 18. The summed E-state index contributed by atoms with van der Waals surface area (Å²) in [6.45, 7) is 5.42. The lowest BCUT2D eigenvalue weighted by Crippen LogP contribution is -2.65. The molecular weight excluding hydrogens is 792 g/mol. The average Bonchev–Trinajstić information content (AvgIpc) is 3.78. The molecule has 9 N–H and O–H groups in total. The summed E-state index contributed by atoms with van der Waals surface area (Å²) in [5.41, 5.74) is -0.0850. The standard InChI is InChI=1S/C42H66O18/c1-18-35(60-38-33(50)31(48)29(46)26(59-38)17-55-37-32(49)30(47)28(45)25(15-43)58-37)36(53-4)34(51)39(56-18)57-21-7-10-40(2)20(14-21)5-6-24-23(40)8-11-41(3)22(9-12-42(24,41)52)19-13-27(44)54-16-19/h13,18,20-26,28-39,43,45-52H,5-12,14-17H2,1-4H3/t18-,20+,21+,22-,23-,24+,25+,26+,28+,29+,30-,31-,32+,33+,34-,35-,36-,37+,38-,39-,40-,41+,42-/m0/s1. The molecule has 0 aromatic heterocycles. The summed E-state index contributed by atoms with van der Waals surface area (Å²) in [6.07, 6.45) is -11.9. The van der Waals surface area contributed by atoms with E-state index in [1.54, 1.807) is 13.0 Å². The molecule has 4 aliphatic carbocycles. The molecule has 60 heavy (non-hydrogen) atoms. The minimum atomic E-state index is -1.77. The quantitative estimate of drug-likeness (QED) is 0.0918. The maximum atomic E-state index is 12.6. The summed E-state index contributed by atoms with van der Waals surface area (Å²) in [4.78, 5) is 12.0. The van der Waals surface area contributed by atoms with Crippen LogP contribution >= 0.6 is 0 Å². The Kier molecular flexibility index (Phi) is 12.9. The molecule has 18 heteroatoms. The SMILES string of the molecule is CO[C@H]1[C@H](O)[C@H](O[C@@H]2CC[C@@]3(C)[C@H](CC[C@@H]4[C@@H]3CC[C@]3(C)[C@H](C5=CC(=O)OC5)CC[C@]43O)C2)O[C@@H](C)[C@@H]1O[C@@H]1O[C@H](CO[C@@H]2O[C@H](CO)[C@@H](O)[C@H](O)[C@H]2O)[C@@H](O)[C@H](O)[C@H]1O. The Morgan fingerprint density at radius 2 is 1.42 bits per heavy atom. The molecule has 0 aromatic rings. The summed E-state index contributed by atoms with van der Waals surface area (Å²) >= 11 is 0. The number of ether oxygens (including phenoxy) is 8. The number of aliphatic hydroxyl groups excluding tert-OH is 8. The molecule has 4 saturated carbocycles. The van der Waals surface area contributed by atoms with Crippen molar-refractivity contribution in [3.63, 3.8) is 0 Å². The van der Waals surface area contributed by atoms with Gasteiger partial charge in [0, 0.05) is 18.6 Å². The highest BCUT2D eigenvalue weighted by Gasteiger charge is 2.68. The topological polar surface area (TPSA) is 273 Å². The van der Waals surface area contributed by atoms with Gasteiger partial charge in [0.15, 0.2) is 18.9 Å². The predicted molar refractivity (Wildman–Crippen MR) is 203 cm³/mol. The highest BCUT2D eigenvalue weighted by atomic mass is 16.8. The smallest absolute Gasteiger partial charge is 0.331 e. The van der Waals surface area contributed by atoms with E-state index in [-0.39, 0.29) is 34.7 Å². The van der Waals surface area contributed by atoms with Crippen molar-refractivity contribution in [2.75, 3.05) is 26.9 Å². The van der Waals surface area contributed by atoms with Crippen LogP contribution in [-0.2, 0) is 42.7 Å². The highest BCUT2D eigenvalue weighted by Crippen LogP contribution is 2.70. The van der Waals surface area contributed by atoms with Gasteiger partial charge in [-0.1, -0.05) is 13.8 Å². The third-order valence-corrected chi connectivity index (χ3v) is 16.5. The zero-order valence-electron chi connectivity index (χ0n) is 34.8. The van der Waals surface area contributed by atoms with E-state index >= 15 is 0 Å². The van der Waals surface area contributed by atoms with E-state index in [9.17, 15) is 50.8 Å². The molecular formula is C42H66O18. The van der Waals surface area contributed by atoms with Gasteiger partial charge < -0.3 is 83.9 Å². The van der Waals surface area contributed by atoms with Crippen LogP contribution in [0, 0.1) is 34.5 Å². The van der Waals surface area contributed by atoms with Crippen LogP contribution in [0.3, 0.4) is 0 Å². The van der Waals surface area contributed by atoms with Crippen LogP contribution in [0.5, 0.6) is 0 Å². The van der Waals surface area contributed by atoms with Gasteiger partial charge in [-0.05, 0) is 99.4 Å². The van der Waals surface area contributed by atoms with E-state index in [1.807, 2.05) is 0 Å². The largest absolute Gasteiger partial charge is 0.458 e. The lowest BCUT2D eigenvalue weighted by molar-refractivity contribution is -0.367. The van der Waals surface area contributed by atoms with Crippen molar-refractivity contribution in [2.24, 2.45) is 34.5 Å². The number of hydrogen-bond donors (Lipinski definition) is 9. The van der Waals surface area contributed by atoms with E-state index in [4.69, 9.17) is 37.9 Å². The fourth-order valence-electron chi connectivity index (χ4n) is 13.0. The third kappa shape index (κ3) is 7.50. The van der Waals surface area contributed by atoms with E-state index in [0.29, 0.717) is 18.4 Å². The number of methoxy groups -OCH3 is 1. The number of cyclic esters (lactones) is 1. The number of carbonyl (C=O) groups excluding carboxylic acids is 1. The summed E-state index contributed by atoms with van der Waals surface area (Å²) in [5, 5.41) is 96.6. The number of rotatable bonds is 10. The average molecular weight is 859 g/mol. The van der Waals surface area contributed by atoms with Crippen molar-refractivity contribution in [3.05, 3.63) is 11.6 Å². The first-order valence-electron chi connectivity index (χ1n) is 21.8. The van der Waals surface area contributed by atoms with Gasteiger partial charge in [-0.3, -0.25) is 0 Å². The molecule has 0 unspecified atom stereocenters. The van der Waals surface area contributed by atoms with E-state index < -0.39 is 111 Å². The lowest BCUT2D eigenvalue weighted by atomic mass is 9.43. The molecule has 4 heterocycles. The molecule has 23 atom stereocenters. The number of esters is 1. The van der Waals surface area contributed by atoms with Gasteiger partial charge in [0.25, 0.3) is 0 Å². The first-order chi connectivity index (χ1) is 28.4. The van der Waals surface area contributed by atoms with Crippen LogP contribution in [0.25, 0.3) is 0 Å². The maximum absolute atomic E-state index is 12.6. The molecule has 0 amide bonds. The van der Waals surface area contributed by atoms with Gasteiger partial charge in [-0.2, -0.15) is 0 Å². The summed E-state index contributed by atoms with van der Waals surface area (Å²) in [5.74, 6) is 0.725. The van der Waals surface area contributed by atoms with E-state index in [2.05, 4.69) is 13.8 Å². The van der Waals surface area contributed by atoms with E-state index in [1.165, 1.54) is 7.11 Å². The molecule has 0 spiro atoms. The van der Waals surface area contributed by atoms with Crippen molar-refractivity contribution in [1.29, 1.82) is 0 Å². The lowest BCUT2D eigenvalue weighted by Gasteiger charge is -2.64. The molecule has 342 valence electrons. The first kappa shape index (κ1) is 45.1. The number of fused-ring (bicyclic) bond motifs is 5. The normalized spacial score (nSPS) is 54.4. The molecule has 8 aliphatic rings. The minimum absolute atomic E-state index is 0.00760. The molecule has 4 aliphatic heterocycles. The minimum Gasteiger partial charge on any atom is -0.458 e. The molecule has 0 bridgehead atoms. The Morgan fingerprint density at radius 3 is 2.10 bits per heavy atom. The fourth-order valence-corrected chi connectivity index (χ4v) is 13.0. The van der Waals surface area contributed by atoms with Crippen LogP contribution in [0.4, 0.5) is 0 Å². The van der Waals surface area contributed by atoms with Crippen LogP contribution < -0.4 is 0 Å². The predicted octanol–water partition coefficient (Wildman–Crippen LogP) is -1.24. The Balaban J connectivity index is 0.875. The van der Waals surface area contributed by atoms with Gasteiger partial charge in [0.05, 0.1) is 31.0 Å². The van der Waals surface area contributed by atoms with Gasteiger partial charge in [-0.25, -0.2) is 4.79 Å². The number of carbonyl (C=O) groups is 1. The van der Waals surface area contributed by atoms with Gasteiger partial charge in [0.2, 0.25) is 0 Å². The van der Waals surface area contributed by atoms with Crippen molar-refractivity contribution < 1.29 is 88.6 Å². The Morgan fingerprint density at radius 1 is 0.733 bits per heavy atom. The second-order valence-electron chi connectivity index (χ2n) is 19.4. The van der Waals surface area contributed by atoms with Gasteiger partial charge in [0.1, 0.15) is 73.8 Å². The van der Waals surface area contributed by atoms with Crippen LogP contribution in [0.1, 0.15) is 78.6 Å². The molecule has 0 aromatic carbocycles. The van der Waals surface area contributed by atoms with Crippen molar-refractivity contribution in [3.8, 4) is 0 Å². The second-order valence-corrected chi connectivity index (χ2v) is 19.4. The zero-order chi connectivity index (χ0) is 43.1. The van der Waals surface area contributed by atoms with Crippen molar-refractivity contribution in [2.45, 2.75) is 182 Å². The summed E-state index contributed by atoms with van der Waals surface area (Å²) in [7, 11) is 1.39. The first-order valence-corrected chi connectivity index (χ1v) is 21.8. The Labute approximate surface area is 349 Å². The zero-order valence-corrected chi connectivity index (χ0v) is 34.8. The maximum Gasteiger partial charge on any atom is 0.331 e. The molecule has 7 fully saturated rings. The monoisotopic (exact) mass is 858 g/mol. The number of aliphatic hydroxyl groups is 9. The molecule has 3 saturated heterocycles. The fraction of sp³-hybridized carbons (Fsp3) is 0.929. The third-order valence-electron chi connectivity index (χ3n) is 16.5.